The maximum absolute atomic E-state index is 8.74. The molecule has 0 aliphatic heterocycles. The van der Waals surface area contributed by atoms with Crippen LogP contribution in [0.4, 0.5) is 0 Å². The first-order chi connectivity index (χ1) is 4.41. The fourth-order valence-electron chi connectivity index (χ4n) is 0.204. The molecule has 0 rings (SSSR count). The summed E-state index contributed by atoms with van der Waals surface area (Å²) in [7, 11) is -2.95. The van der Waals surface area contributed by atoms with Crippen molar-refractivity contribution in [3.8, 4) is 0 Å². The minimum absolute atomic E-state index is 0.889. The Labute approximate surface area is 69.5 Å². The molecule has 0 spiro atoms. The normalized spacial score (nSPS) is 10.1. The zero-order chi connectivity index (χ0) is 8.62. The molecule has 0 amide bonds. The second kappa shape index (κ2) is 7.53. The topological polar surface area (TPSA) is 83.8 Å². The molecule has 0 aliphatic carbocycles. The monoisotopic (exact) mass is 164 g/mol. The van der Waals surface area contributed by atoms with Crippen molar-refractivity contribution in [3.05, 3.63) is 0 Å². The van der Waals surface area contributed by atoms with E-state index < -0.39 is 10.4 Å². The molecule has 58 valence electrons. The second-order valence-corrected chi connectivity index (χ2v) is 2.34. The Morgan fingerprint density at radius 3 is 1.80 bits per heavy atom. The van der Waals surface area contributed by atoms with Crippen LogP contribution in [-0.4, -0.2) is 49.0 Å². The third-order valence-corrected chi connectivity index (χ3v) is 0.408. The summed E-state index contributed by atoms with van der Waals surface area (Å²) in [5, 5.41) is 1.12. The Morgan fingerprint density at radius 2 is 1.80 bits per heavy atom. The van der Waals surface area contributed by atoms with Crippen molar-refractivity contribution in [1.29, 1.82) is 0 Å². The molecule has 0 saturated carbocycles. The van der Waals surface area contributed by atoms with Gasteiger partial charge < -0.3 is 0 Å². The first-order valence-electron chi connectivity index (χ1n) is 2.60. The summed E-state index contributed by atoms with van der Waals surface area (Å²) in [4.78, 5) is 0. The van der Waals surface area contributed by atoms with E-state index in [1.807, 2.05) is 0 Å². The van der Waals surface area contributed by atoms with Crippen LogP contribution in [0, 0.1) is 0 Å². The third kappa shape index (κ3) is 78.9. The van der Waals surface area contributed by atoms with E-state index in [2.05, 4.69) is 17.7 Å². The van der Waals surface area contributed by atoms with Gasteiger partial charge in [0.2, 0.25) is 0 Å². The van der Waals surface area contributed by atoms with Gasteiger partial charge in [0.15, 0.2) is 0 Å². The molecule has 7 heteroatoms. The van der Waals surface area contributed by atoms with Gasteiger partial charge >= 0.3 is 51.7 Å². The van der Waals surface area contributed by atoms with Gasteiger partial charge in [-0.3, -0.25) is 9.11 Å². The summed E-state index contributed by atoms with van der Waals surface area (Å²) >= 11 is 2.09. The molecule has 0 bridgehead atoms. The first kappa shape index (κ1) is 13.0. The number of rotatable bonds is 2. The summed E-state index contributed by atoms with van der Waals surface area (Å²) in [5.41, 5.74) is 0. The SMILES string of the molecule is O=S(=O)(O)O.[Li][CH2]COC. The van der Waals surface area contributed by atoms with Gasteiger partial charge in [0.05, 0.1) is 0 Å². The summed E-state index contributed by atoms with van der Waals surface area (Å²) in [5.74, 6) is 0. The number of ether oxygens (including phenoxy) is 1. The van der Waals surface area contributed by atoms with Crippen molar-refractivity contribution in [2.45, 2.75) is 5.09 Å². The zero-order valence-electron chi connectivity index (χ0n) is 5.94. The van der Waals surface area contributed by atoms with E-state index in [-0.39, 0.29) is 0 Å². The van der Waals surface area contributed by atoms with E-state index in [1.165, 1.54) is 0 Å². The van der Waals surface area contributed by atoms with Crippen molar-refractivity contribution >= 4 is 28.1 Å². The summed E-state index contributed by atoms with van der Waals surface area (Å²) in [6.07, 6.45) is 0. The van der Waals surface area contributed by atoms with Crippen LogP contribution in [0.3, 0.4) is 0 Å². The molecule has 0 aromatic heterocycles. The van der Waals surface area contributed by atoms with Crippen molar-refractivity contribution in [3.63, 3.8) is 0 Å². The van der Waals surface area contributed by atoms with Crippen LogP contribution in [0.1, 0.15) is 0 Å². The quantitative estimate of drug-likeness (QED) is 0.427. The number of methoxy groups -OCH3 is 1. The van der Waals surface area contributed by atoms with Crippen LogP contribution >= 0.6 is 0 Å². The van der Waals surface area contributed by atoms with Crippen LogP contribution in [-0.2, 0) is 15.1 Å². The molecule has 0 radical (unpaired) electrons. The van der Waals surface area contributed by atoms with Gasteiger partial charge in [0.25, 0.3) is 0 Å². The molecule has 0 aliphatic rings. The van der Waals surface area contributed by atoms with E-state index >= 15 is 0 Å². The molecule has 5 nitrogen and oxygen atoms in total. The molecular formula is C3H9LiO5S. The van der Waals surface area contributed by atoms with E-state index in [1.54, 1.807) is 7.11 Å². The molecule has 2 N–H and O–H groups in total. The Bertz CT molecular complexity index is 131. The molecule has 0 aromatic carbocycles. The maximum atomic E-state index is 8.74. The molecule has 0 heterocycles. The van der Waals surface area contributed by atoms with Crippen molar-refractivity contribution < 1.29 is 22.3 Å². The summed E-state index contributed by atoms with van der Waals surface area (Å²) in [6, 6.07) is 0. The van der Waals surface area contributed by atoms with Gasteiger partial charge in [0, 0.05) is 0 Å². The number of hydrogen-bond donors (Lipinski definition) is 2. The molecular weight excluding hydrogens is 155 g/mol. The molecule has 0 atom stereocenters. The van der Waals surface area contributed by atoms with Crippen LogP contribution in [0.25, 0.3) is 0 Å². The van der Waals surface area contributed by atoms with Gasteiger partial charge in [-0.05, 0) is 0 Å². The zero-order valence-corrected chi connectivity index (χ0v) is 6.76. The average Bonchev–Trinajstić information content (AvgIpc) is 1.63. The van der Waals surface area contributed by atoms with Crippen LogP contribution in [0.5, 0.6) is 0 Å². The minimum atomic E-state index is -4.67. The predicted octanol–water partition coefficient (Wildman–Crippen LogP) is -0.433. The van der Waals surface area contributed by atoms with Gasteiger partial charge in [-0.2, -0.15) is 8.42 Å². The fraction of sp³-hybridized carbons (Fsp3) is 1.00. The fourth-order valence-corrected chi connectivity index (χ4v) is 0.204. The van der Waals surface area contributed by atoms with Gasteiger partial charge in [-0.15, -0.1) is 0 Å². The standard InChI is InChI=1S/C3H7O.Li.H2O4S/c1-3-4-2;;1-5(2,3)4/h1,3H2,2H3;;(H2,1,2,3,4). The molecule has 0 fully saturated rings. The van der Waals surface area contributed by atoms with Crippen molar-refractivity contribution in [1.82, 2.24) is 0 Å². The summed E-state index contributed by atoms with van der Waals surface area (Å²) < 4.78 is 36.3. The van der Waals surface area contributed by atoms with Crippen LogP contribution in [0.2, 0.25) is 5.09 Å². The van der Waals surface area contributed by atoms with Crippen molar-refractivity contribution in [2.75, 3.05) is 13.7 Å². The first-order valence-corrected chi connectivity index (χ1v) is 4.00. The Morgan fingerprint density at radius 1 is 1.50 bits per heavy atom. The second-order valence-electron chi connectivity index (χ2n) is 1.44. The molecule has 0 unspecified atom stereocenters. The number of hydrogen-bond acceptors (Lipinski definition) is 3. The van der Waals surface area contributed by atoms with Crippen LogP contribution < -0.4 is 0 Å². The average molecular weight is 164 g/mol. The van der Waals surface area contributed by atoms with Gasteiger partial charge in [-0.25, -0.2) is 0 Å². The Balaban J connectivity index is 0. The van der Waals surface area contributed by atoms with Gasteiger partial charge in [-0.1, -0.05) is 0 Å². The molecule has 10 heavy (non-hydrogen) atoms. The van der Waals surface area contributed by atoms with E-state index in [4.69, 9.17) is 22.3 Å². The third-order valence-electron chi connectivity index (χ3n) is 0.408. The predicted molar refractivity (Wildman–Crippen MR) is 36.6 cm³/mol. The molecule has 0 aromatic rings. The van der Waals surface area contributed by atoms with Gasteiger partial charge in [0.1, 0.15) is 0 Å². The summed E-state index contributed by atoms with van der Waals surface area (Å²) in [6.45, 7) is 0.889. The van der Waals surface area contributed by atoms with Crippen LogP contribution in [0.15, 0.2) is 0 Å². The molecule has 0 saturated heterocycles. The van der Waals surface area contributed by atoms with Crippen molar-refractivity contribution in [2.24, 2.45) is 0 Å². The Kier molecular flexibility index (Phi) is 9.83. The van der Waals surface area contributed by atoms with E-state index in [9.17, 15) is 0 Å². The van der Waals surface area contributed by atoms with E-state index in [0.29, 0.717) is 0 Å². The van der Waals surface area contributed by atoms with E-state index in [0.717, 1.165) is 11.7 Å². The Hall–Kier alpha value is 0.427.